The molecule has 0 saturated carbocycles. The SMILES string of the molecule is Cc1nc2c3c([nH]c2cc1Cl)CNCC3. The summed E-state index contributed by atoms with van der Waals surface area (Å²) in [5.74, 6) is 0. The molecular formula is C11H12ClN3. The molecule has 2 aromatic rings. The molecule has 4 heteroatoms. The van der Waals surface area contributed by atoms with Crippen molar-refractivity contribution < 1.29 is 0 Å². The largest absolute Gasteiger partial charge is 0.356 e. The van der Waals surface area contributed by atoms with E-state index in [0.29, 0.717) is 0 Å². The highest BCUT2D eigenvalue weighted by atomic mass is 35.5. The van der Waals surface area contributed by atoms with Gasteiger partial charge in [-0.2, -0.15) is 0 Å². The van der Waals surface area contributed by atoms with Gasteiger partial charge in [-0.25, -0.2) is 4.98 Å². The van der Waals surface area contributed by atoms with Crippen LogP contribution in [0.5, 0.6) is 0 Å². The Morgan fingerprint density at radius 1 is 1.47 bits per heavy atom. The average molecular weight is 222 g/mol. The number of rotatable bonds is 0. The summed E-state index contributed by atoms with van der Waals surface area (Å²) in [7, 11) is 0. The van der Waals surface area contributed by atoms with Gasteiger partial charge in [0, 0.05) is 17.8 Å². The predicted octanol–water partition coefficient (Wildman–Crippen LogP) is 2.17. The van der Waals surface area contributed by atoms with Crippen LogP contribution < -0.4 is 5.32 Å². The standard InChI is InChI=1S/C11H12ClN3/c1-6-8(12)4-9-11(14-6)7-2-3-13-5-10(7)15-9/h4,13,15H,2-3,5H2,1H3. The van der Waals surface area contributed by atoms with Gasteiger partial charge in [0.05, 0.1) is 21.7 Å². The molecule has 0 aromatic carbocycles. The van der Waals surface area contributed by atoms with Crippen LogP contribution in [0, 0.1) is 6.92 Å². The molecule has 0 aliphatic carbocycles. The highest BCUT2D eigenvalue weighted by molar-refractivity contribution is 6.31. The van der Waals surface area contributed by atoms with E-state index in [9.17, 15) is 0 Å². The number of fused-ring (bicyclic) bond motifs is 3. The molecule has 0 bridgehead atoms. The molecule has 0 radical (unpaired) electrons. The van der Waals surface area contributed by atoms with E-state index >= 15 is 0 Å². The molecule has 1 aliphatic rings. The first-order valence-corrected chi connectivity index (χ1v) is 5.51. The second-order valence-electron chi connectivity index (χ2n) is 3.96. The molecule has 0 spiro atoms. The van der Waals surface area contributed by atoms with E-state index in [4.69, 9.17) is 11.6 Å². The fourth-order valence-electron chi connectivity index (χ4n) is 2.13. The van der Waals surface area contributed by atoms with Crippen LogP contribution in [0.25, 0.3) is 11.0 Å². The van der Waals surface area contributed by atoms with Crippen molar-refractivity contribution >= 4 is 22.6 Å². The van der Waals surface area contributed by atoms with Crippen molar-refractivity contribution in [3.8, 4) is 0 Å². The summed E-state index contributed by atoms with van der Waals surface area (Å²) in [6, 6.07) is 1.97. The van der Waals surface area contributed by atoms with Gasteiger partial charge in [0.15, 0.2) is 0 Å². The molecule has 0 amide bonds. The van der Waals surface area contributed by atoms with Crippen molar-refractivity contribution in [2.45, 2.75) is 19.9 Å². The van der Waals surface area contributed by atoms with Crippen LogP contribution in [0.4, 0.5) is 0 Å². The number of aromatic nitrogens is 2. The Hall–Kier alpha value is -1.06. The number of pyridine rings is 1. The van der Waals surface area contributed by atoms with E-state index in [-0.39, 0.29) is 0 Å². The van der Waals surface area contributed by atoms with Gasteiger partial charge in [-0.1, -0.05) is 11.6 Å². The number of nitrogens with zero attached hydrogens (tertiary/aromatic N) is 1. The van der Waals surface area contributed by atoms with Crippen molar-refractivity contribution in [1.29, 1.82) is 0 Å². The third kappa shape index (κ3) is 1.34. The molecule has 3 rings (SSSR count). The van der Waals surface area contributed by atoms with Gasteiger partial charge in [-0.3, -0.25) is 0 Å². The number of aromatic amines is 1. The van der Waals surface area contributed by atoms with Crippen molar-refractivity contribution in [3.05, 3.63) is 28.0 Å². The van der Waals surface area contributed by atoms with Crippen LogP contribution in [-0.2, 0) is 13.0 Å². The predicted molar refractivity (Wildman–Crippen MR) is 61.3 cm³/mol. The highest BCUT2D eigenvalue weighted by Crippen LogP contribution is 2.26. The maximum atomic E-state index is 6.05. The van der Waals surface area contributed by atoms with Crippen LogP contribution in [-0.4, -0.2) is 16.5 Å². The maximum absolute atomic E-state index is 6.05. The molecule has 0 atom stereocenters. The van der Waals surface area contributed by atoms with Crippen LogP contribution >= 0.6 is 11.6 Å². The summed E-state index contributed by atoms with van der Waals surface area (Å²) in [6.07, 6.45) is 1.05. The first kappa shape index (κ1) is 9.19. The molecule has 15 heavy (non-hydrogen) atoms. The second-order valence-corrected chi connectivity index (χ2v) is 4.37. The minimum Gasteiger partial charge on any atom is -0.356 e. The van der Waals surface area contributed by atoms with Crippen LogP contribution in [0.2, 0.25) is 5.02 Å². The van der Waals surface area contributed by atoms with Crippen LogP contribution in [0.1, 0.15) is 17.0 Å². The summed E-state index contributed by atoms with van der Waals surface area (Å²) in [5, 5.41) is 4.07. The van der Waals surface area contributed by atoms with Crippen molar-refractivity contribution in [3.63, 3.8) is 0 Å². The molecule has 2 aromatic heterocycles. The smallest absolute Gasteiger partial charge is 0.0918 e. The zero-order valence-corrected chi connectivity index (χ0v) is 9.28. The minimum absolute atomic E-state index is 0.731. The van der Waals surface area contributed by atoms with E-state index in [0.717, 1.165) is 41.3 Å². The number of nitrogens with one attached hydrogen (secondary N) is 2. The first-order chi connectivity index (χ1) is 7.25. The van der Waals surface area contributed by atoms with Crippen LogP contribution in [0.3, 0.4) is 0 Å². The summed E-state index contributed by atoms with van der Waals surface area (Å²) in [4.78, 5) is 7.93. The van der Waals surface area contributed by atoms with Gasteiger partial charge < -0.3 is 10.3 Å². The van der Waals surface area contributed by atoms with E-state index < -0.39 is 0 Å². The minimum atomic E-state index is 0.731. The molecule has 0 fully saturated rings. The Morgan fingerprint density at radius 2 is 2.33 bits per heavy atom. The molecule has 0 saturated heterocycles. The van der Waals surface area contributed by atoms with E-state index in [1.54, 1.807) is 0 Å². The Kier molecular flexibility index (Phi) is 1.97. The lowest BCUT2D eigenvalue weighted by Crippen LogP contribution is -2.23. The molecule has 2 N–H and O–H groups in total. The van der Waals surface area contributed by atoms with E-state index in [1.807, 2.05) is 13.0 Å². The lowest BCUT2D eigenvalue weighted by Gasteiger charge is -2.11. The molecule has 3 heterocycles. The average Bonchev–Trinajstić information content (AvgIpc) is 2.57. The van der Waals surface area contributed by atoms with Crippen molar-refractivity contribution in [1.82, 2.24) is 15.3 Å². The summed E-state index contributed by atoms with van der Waals surface area (Å²) < 4.78 is 0. The van der Waals surface area contributed by atoms with Crippen molar-refractivity contribution in [2.24, 2.45) is 0 Å². The summed E-state index contributed by atoms with van der Waals surface area (Å²) >= 11 is 6.05. The monoisotopic (exact) mass is 221 g/mol. The number of aryl methyl sites for hydroxylation is 1. The van der Waals surface area contributed by atoms with Gasteiger partial charge in [0.25, 0.3) is 0 Å². The normalized spacial score (nSPS) is 15.6. The lowest BCUT2D eigenvalue weighted by atomic mass is 10.1. The Bertz CT molecular complexity index is 530. The quantitative estimate of drug-likeness (QED) is 0.716. The maximum Gasteiger partial charge on any atom is 0.0918 e. The lowest BCUT2D eigenvalue weighted by molar-refractivity contribution is 0.636. The van der Waals surface area contributed by atoms with E-state index in [2.05, 4.69) is 15.3 Å². The van der Waals surface area contributed by atoms with Gasteiger partial charge in [0.2, 0.25) is 0 Å². The molecule has 1 aliphatic heterocycles. The molecule has 0 unspecified atom stereocenters. The number of H-pyrrole nitrogens is 1. The molecule has 78 valence electrons. The van der Waals surface area contributed by atoms with Gasteiger partial charge in [-0.15, -0.1) is 0 Å². The fourth-order valence-corrected chi connectivity index (χ4v) is 2.29. The second kappa shape index (κ2) is 3.22. The summed E-state index contributed by atoms with van der Waals surface area (Å²) in [6.45, 7) is 3.88. The Morgan fingerprint density at radius 3 is 3.20 bits per heavy atom. The third-order valence-corrected chi connectivity index (χ3v) is 3.32. The Labute approximate surface area is 92.8 Å². The zero-order chi connectivity index (χ0) is 10.4. The van der Waals surface area contributed by atoms with Crippen molar-refractivity contribution in [2.75, 3.05) is 6.54 Å². The third-order valence-electron chi connectivity index (χ3n) is 2.94. The first-order valence-electron chi connectivity index (χ1n) is 5.13. The topological polar surface area (TPSA) is 40.7 Å². The van der Waals surface area contributed by atoms with Gasteiger partial charge in [0.1, 0.15) is 0 Å². The number of hydrogen-bond acceptors (Lipinski definition) is 2. The number of halogens is 1. The highest BCUT2D eigenvalue weighted by Gasteiger charge is 2.16. The molecule has 3 nitrogen and oxygen atoms in total. The van der Waals surface area contributed by atoms with Crippen LogP contribution in [0.15, 0.2) is 6.07 Å². The van der Waals surface area contributed by atoms with Gasteiger partial charge in [-0.05, 0) is 26.0 Å². The number of hydrogen-bond donors (Lipinski definition) is 2. The van der Waals surface area contributed by atoms with E-state index in [1.165, 1.54) is 11.3 Å². The zero-order valence-electron chi connectivity index (χ0n) is 8.52. The van der Waals surface area contributed by atoms with Gasteiger partial charge >= 0.3 is 0 Å². The molecular weight excluding hydrogens is 210 g/mol. The summed E-state index contributed by atoms with van der Waals surface area (Å²) in [5.41, 5.74) is 5.66. The Balaban J connectivity index is 2.33. The fraction of sp³-hybridized carbons (Fsp3) is 0.364.